The van der Waals surface area contributed by atoms with Crippen LogP contribution >= 0.6 is 0 Å². The SMILES string of the molecule is O=C1CCC(N2C(=O)c3ccc(N4CCC(CCCN5CCN(c6ccc(C(=O)O)cc6)CC5)CC4)cc3C2=O)C(=O)N1. The van der Waals surface area contributed by atoms with Crippen molar-refractivity contribution < 1.29 is 29.1 Å². The molecule has 226 valence electrons. The van der Waals surface area contributed by atoms with E-state index >= 15 is 0 Å². The molecule has 4 heterocycles. The van der Waals surface area contributed by atoms with Gasteiger partial charge >= 0.3 is 5.97 Å². The lowest BCUT2D eigenvalue weighted by Crippen LogP contribution is -2.54. The summed E-state index contributed by atoms with van der Waals surface area (Å²) in [7, 11) is 0. The molecule has 11 nitrogen and oxygen atoms in total. The van der Waals surface area contributed by atoms with Gasteiger partial charge in [0.15, 0.2) is 0 Å². The zero-order valence-corrected chi connectivity index (χ0v) is 24.2. The standard InChI is InChI=1S/C32H37N5O6/c38-28-10-9-27(29(39)33-28)37-30(40)25-8-7-24(20-26(25)31(37)41)35-14-11-21(12-15-35)2-1-13-34-16-18-36(19-17-34)23-5-3-22(4-6-23)32(42)43/h3-8,20-21,27H,1-2,9-19H2,(H,42,43)(H,33,38,39). The van der Waals surface area contributed by atoms with Crippen LogP contribution in [0.4, 0.5) is 11.4 Å². The molecular weight excluding hydrogens is 550 g/mol. The van der Waals surface area contributed by atoms with E-state index in [2.05, 4.69) is 20.0 Å². The number of piperidine rings is 2. The first kappa shape index (κ1) is 28.9. The van der Waals surface area contributed by atoms with Crippen LogP contribution in [0.5, 0.6) is 0 Å². The number of piperazine rings is 1. The van der Waals surface area contributed by atoms with Gasteiger partial charge in [0.05, 0.1) is 16.7 Å². The highest BCUT2D eigenvalue weighted by Crippen LogP contribution is 2.33. The minimum Gasteiger partial charge on any atom is -0.478 e. The van der Waals surface area contributed by atoms with E-state index in [0.717, 1.165) is 81.4 Å². The summed E-state index contributed by atoms with van der Waals surface area (Å²) in [5.74, 6) is -2.17. The number of nitrogens with zero attached hydrogens (tertiary/aromatic N) is 4. The second-order valence-corrected chi connectivity index (χ2v) is 11.9. The number of imide groups is 2. The molecule has 0 aromatic heterocycles. The van der Waals surface area contributed by atoms with Gasteiger partial charge in [-0.3, -0.25) is 34.3 Å². The number of nitrogens with one attached hydrogen (secondary N) is 1. The van der Waals surface area contributed by atoms with Gasteiger partial charge < -0.3 is 14.9 Å². The summed E-state index contributed by atoms with van der Waals surface area (Å²) in [6, 6.07) is 11.5. The molecule has 0 spiro atoms. The first-order valence-corrected chi connectivity index (χ1v) is 15.2. The van der Waals surface area contributed by atoms with Gasteiger partial charge in [-0.15, -0.1) is 0 Å². The molecule has 1 atom stereocenters. The van der Waals surface area contributed by atoms with Crippen molar-refractivity contribution in [2.75, 3.05) is 55.6 Å². The fourth-order valence-electron chi connectivity index (χ4n) is 6.78. The van der Waals surface area contributed by atoms with Crippen molar-refractivity contribution in [1.82, 2.24) is 15.1 Å². The Morgan fingerprint density at radius 1 is 0.791 bits per heavy atom. The molecule has 11 heteroatoms. The maximum absolute atomic E-state index is 13.2. The summed E-state index contributed by atoms with van der Waals surface area (Å²) in [5, 5.41) is 11.3. The van der Waals surface area contributed by atoms with Gasteiger partial charge in [0, 0.05) is 57.1 Å². The smallest absolute Gasteiger partial charge is 0.335 e. The average Bonchev–Trinajstić information content (AvgIpc) is 3.26. The maximum atomic E-state index is 13.2. The lowest BCUT2D eigenvalue weighted by atomic mass is 9.91. The van der Waals surface area contributed by atoms with Crippen LogP contribution in [0, 0.1) is 5.92 Å². The Hall–Kier alpha value is -4.25. The number of carboxylic acid groups (broad SMARTS) is 1. The lowest BCUT2D eigenvalue weighted by Gasteiger charge is -2.37. The zero-order valence-electron chi connectivity index (χ0n) is 24.2. The predicted molar refractivity (Wildman–Crippen MR) is 159 cm³/mol. The molecule has 0 aliphatic carbocycles. The summed E-state index contributed by atoms with van der Waals surface area (Å²) < 4.78 is 0. The van der Waals surface area contributed by atoms with E-state index < -0.39 is 29.7 Å². The van der Waals surface area contributed by atoms with Crippen LogP contribution in [0.1, 0.15) is 69.6 Å². The van der Waals surface area contributed by atoms with Gasteiger partial charge in [-0.2, -0.15) is 0 Å². The third kappa shape index (κ3) is 5.99. The molecule has 0 saturated carbocycles. The molecule has 3 saturated heterocycles. The fraction of sp³-hybridized carbons (Fsp3) is 0.469. The molecular formula is C32H37N5O6. The number of anilines is 2. The molecule has 4 aliphatic heterocycles. The number of rotatable bonds is 8. The average molecular weight is 588 g/mol. The third-order valence-corrected chi connectivity index (χ3v) is 9.34. The van der Waals surface area contributed by atoms with Crippen LogP contribution in [0.15, 0.2) is 42.5 Å². The summed E-state index contributed by atoms with van der Waals surface area (Å²) in [4.78, 5) is 69.2. The predicted octanol–water partition coefficient (Wildman–Crippen LogP) is 2.60. The number of benzene rings is 2. The third-order valence-electron chi connectivity index (χ3n) is 9.34. The summed E-state index contributed by atoms with van der Waals surface area (Å²) in [6.07, 6.45) is 4.75. The molecule has 1 unspecified atom stereocenters. The molecule has 2 aromatic carbocycles. The van der Waals surface area contributed by atoms with Crippen molar-refractivity contribution >= 4 is 41.0 Å². The first-order valence-electron chi connectivity index (χ1n) is 15.2. The maximum Gasteiger partial charge on any atom is 0.335 e. The van der Waals surface area contributed by atoms with Gasteiger partial charge in [-0.1, -0.05) is 0 Å². The topological polar surface area (TPSA) is 131 Å². The van der Waals surface area contributed by atoms with E-state index in [1.54, 1.807) is 24.3 Å². The summed E-state index contributed by atoms with van der Waals surface area (Å²) in [5.41, 5.74) is 2.93. The number of carbonyl (C=O) groups excluding carboxylic acids is 4. The van der Waals surface area contributed by atoms with Gasteiger partial charge in [-0.05, 0) is 87.0 Å². The Kier molecular flexibility index (Phi) is 8.16. The number of aromatic carboxylic acids is 1. The Labute approximate surface area is 250 Å². The van der Waals surface area contributed by atoms with Crippen LogP contribution in [0.2, 0.25) is 0 Å². The second kappa shape index (κ2) is 12.2. The van der Waals surface area contributed by atoms with Crippen molar-refractivity contribution in [3.8, 4) is 0 Å². The summed E-state index contributed by atoms with van der Waals surface area (Å²) >= 11 is 0. The van der Waals surface area contributed by atoms with Gasteiger partial charge in [0.2, 0.25) is 11.8 Å². The van der Waals surface area contributed by atoms with Crippen molar-refractivity contribution in [3.63, 3.8) is 0 Å². The van der Waals surface area contributed by atoms with Crippen LogP contribution in [-0.4, -0.2) is 96.4 Å². The Morgan fingerprint density at radius 2 is 1.44 bits per heavy atom. The minimum atomic E-state index is -0.953. The van der Waals surface area contributed by atoms with Gasteiger partial charge in [0.25, 0.3) is 11.8 Å². The van der Waals surface area contributed by atoms with Crippen molar-refractivity contribution in [2.45, 2.75) is 44.6 Å². The number of fused-ring (bicyclic) bond motifs is 1. The van der Waals surface area contributed by atoms with Crippen molar-refractivity contribution in [3.05, 3.63) is 59.2 Å². The molecule has 4 amide bonds. The van der Waals surface area contributed by atoms with E-state index in [0.29, 0.717) is 22.6 Å². The number of carbonyl (C=O) groups is 5. The molecule has 6 rings (SSSR count). The highest BCUT2D eigenvalue weighted by atomic mass is 16.4. The van der Waals surface area contributed by atoms with Crippen LogP contribution in [0.25, 0.3) is 0 Å². The number of carboxylic acids is 1. The van der Waals surface area contributed by atoms with Gasteiger partial charge in [0.1, 0.15) is 6.04 Å². The normalized spacial score (nSPS) is 21.8. The second-order valence-electron chi connectivity index (χ2n) is 11.9. The molecule has 0 radical (unpaired) electrons. The zero-order chi connectivity index (χ0) is 30.1. The number of amides is 4. The quantitative estimate of drug-likeness (QED) is 0.448. The lowest BCUT2D eigenvalue weighted by molar-refractivity contribution is -0.136. The molecule has 3 fully saturated rings. The van der Waals surface area contributed by atoms with E-state index in [1.807, 2.05) is 18.2 Å². The van der Waals surface area contributed by atoms with Gasteiger partial charge in [-0.25, -0.2) is 4.79 Å². The van der Waals surface area contributed by atoms with Crippen LogP contribution in [0.3, 0.4) is 0 Å². The highest BCUT2D eigenvalue weighted by Gasteiger charge is 2.44. The van der Waals surface area contributed by atoms with Crippen LogP contribution < -0.4 is 15.1 Å². The van der Waals surface area contributed by atoms with E-state index in [-0.39, 0.29) is 18.7 Å². The van der Waals surface area contributed by atoms with Crippen molar-refractivity contribution in [1.29, 1.82) is 0 Å². The fourth-order valence-corrected chi connectivity index (χ4v) is 6.78. The van der Waals surface area contributed by atoms with Crippen molar-refractivity contribution in [2.24, 2.45) is 5.92 Å². The molecule has 4 aliphatic rings. The largest absolute Gasteiger partial charge is 0.478 e. The number of hydrogen-bond acceptors (Lipinski definition) is 8. The Balaban J connectivity index is 0.946. The summed E-state index contributed by atoms with van der Waals surface area (Å²) in [6.45, 7) is 6.73. The highest BCUT2D eigenvalue weighted by molar-refractivity contribution is 6.23. The Bertz CT molecular complexity index is 1430. The first-order chi connectivity index (χ1) is 20.8. The molecule has 43 heavy (non-hydrogen) atoms. The molecule has 2 aromatic rings. The number of hydrogen-bond donors (Lipinski definition) is 2. The monoisotopic (exact) mass is 587 g/mol. The Morgan fingerprint density at radius 3 is 2.12 bits per heavy atom. The van der Waals surface area contributed by atoms with E-state index in [9.17, 15) is 24.0 Å². The molecule has 2 N–H and O–H groups in total. The van der Waals surface area contributed by atoms with Crippen LogP contribution in [-0.2, 0) is 9.59 Å². The van der Waals surface area contributed by atoms with E-state index in [1.165, 1.54) is 6.42 Å². The molecule has 0 bridgehead atoms. The van der Waals surface area contributed by atoms with E-state index in [4.69, 9.17) is 5.11 Å². The minimum absolute atomic E-state index is 0.104.